The topological polar surface area (TPSA) is 76.9 Å². The molecule has 0 saturated heterocycles. The summed E-state index contributed by atoms with van der Waals surface area (Å²) in [7, 11) is 0. The number of pyridine rings is 1. The molecule has 0 saturated carbocycles. The van der Waals surface area contributed by atoms with Crippen molar-refractivity contribution in [2.75, 3.05) is 5.32 Å². The second-order valence-electron chi connectivity index (χ2n) is 6.23. The van der Waals surface area contributed by atoms with E-state index in [2.05, 4.69) is 31.2 Å². The lowest BCUT2D eigenvalue weighted by Gasteiger charge is -2.10. The lowest BCUT2D eigenvalue weighted by molar-refractivity contribution is -0.116. The van der Waals surface area contributed by atoms with Crippen LogP contribution in [-0.4, -0.2) is 20.4 Å². The number of nitrogens with zero attached hydrogens (tertiary/aromatic N) is 3. The van der Waals surface area contributed by atoms with Gasteiger partial charge in [0.1, 0.15) is 0 Å². The van der Waals surface area contributed by atoms with E-state index in [1.165, 1.54) is 10.9 Å². The Morgan fingerprint density at radius 2 is 2.04 bits per heavy atom. The van der Waals surface area contributed by atoms with Crippen molar-refractivity contribution in [2.24, 2.45) is 0 Å². The summed E-state index contributed by atoms with van der Waals surface area (Å²) in [5.41, 5.74) is 1.63. The van der Waals surface area contributed by atoms with E-state index in [0.717, 1.165) is 9.86 Å². The maximum absolute atomic E-state index is 12.6. The number of nitrogens with one attached hydrogen (secondary N) is 1. The quantitative estimate of drug-likeness (QED) is 0.493. The Morgan fingerprint density at radius 1 is 1.18 bits per heavy atom. The zero-order valence-electron chi connectivity index (χ0n) is 14.5. The molecule has 0 aliphatic carbocycles. The van der Waals surface area contributed by atoms with E-state index < -0.39 is 0 Å². The van der Waals surface area contributed by atoms with Crippen LogP contribution in [0.15, 0.2) is 64.3 Å². The Bertz CT molecular complexity index is 1270. The molecule has 8 heteroatoms. The highest BCUT2D eigenvalue weighted by Crippen LogP contribution is 2.26. The molecule has 0 atom stereocenters. The number of carbonyl (C=O) groups is 1. The van der Waals surface area contributed by atoms with Crippen molar-refractivity contribution in [2.45, 2.75) is 13.0 Å². The number of rotatable bonds is 4. The molecule has 0 spiro atoms. The van der Waals surface area contributed by atoms with E-state index in [-0.39, 0.29) is 24.4 Å². The predicted octanol–water partition coefficient (Wildman–Crippen LogP) is 4.39. The van der Waals surface area contributed by atoms with Gasteiger partial charge >= 0.3 is 0 Å². The summed E-state index contributed by atoms with van der Waals surface area (Å²) in [5.74, 6) is -0.240. The van der Waals surface area contributed by atoms with E-state index in [1.54, 1.807) is 30.5 Å². The summed E-state index contributed by atoms with van der Waals surface area (Å²) in [4.78, 5) is 33.6. The van der Waals surface area contributed by atoms with Crippen LogP contribution in [0.25, 0.3) is 21.8 Å². The normalized spacial score (nSPS) is 11.1. The average Bonchev–Trinajstić information content (AvgIpc) is 2.68. The number of benzene rings is 2. The minimum absolute atomic E-state index is 0.113. The highest BCUT2D eigenvalue weighted by Gasteiger charge is 2.10. The summed E-state index contributed by atoms with van der Waals surface area (Å²) >= 11 is 9.49. The van der Waals surface area contributed by atoms with Crippen molar-refractivity contribution in [1.82, 2.24) is 14.5 Å². The van der Waals surface area contributed by atoms with E-state index in [1.807, 2.05) is 18.2 Å². The van der Waals surface area contributed by atoms with Crippen molar-refractivity contribution in [1.29, 1.82) is 0 Å². The number of amides is 1. The Morgan fingerprint density at radius 3 is 2.89 bits per heavy atom. The van der Waals surface area contributed by atoms with Crippen molar-refractivity contribution in [3.63, 3.8) is 0 Å². The Hall–Kier alpha value is -2.77. The number of anilines is 1. The van der Waals surface area contributed by atoms with Crippen molar-refractivity contribution < 1.29 is 4.79 Å². The number of carbonyl (C=O) groups excluding carboxylic acids is 1. The van der Waals surface area contributed by atoms with E-state index >= 15 is 0 Å². The van der Waals surface area contributed by atoms with Gasteiger partial charge in [0.05, 0.1) is 28.4 Å². The van der Waals surface area contributed by atoms with Crippen LogP contribution in [0.1, 0.15) is 6.42 Å². The number of fused-ring (bicyclic) bond motifs is 2. The Labute approximate surface area is 173 Å². The number of aryl methyl sites for hydroxylation is 1. The fourth-order valence-electron chi connectivity index (χ4n) is 2.98. The van der Waals surface area contributed by atoms with Crippen LogP contribution in [-0.2, 0) is 11.3 Å². The van der Waals surface area contributed by atoms with Crippen LogP contribution in [0.3, 0.4) is 0 Å². The lowest BCUT2D eigenvalue weighted by atomic mass is 10.2. The second kappa shape index (κ2) is 7.69. The molecule has 0 aliphatic heterocycles. The molecule has 4 aromatic rings. The zero-order valence-corrected chi connectivity index (χ0v) is 16.9. The van der Waals surface area contributed by atoms with E-state index in [0.29, 0.717) is 27.1 Å². The van der Waals surface area contributed by atoms with Crippen LogP contribution < -0.4 is 10.9 Å². The molecule has 1 amide bonds. The van der Waals surface area contributed by atoms with E-state index in [9.17, 15) is 9.59 Å². The molecular formula is C20H14BrClN4O2. The van der Waals surface area contributed by atoms with Gasteiger partial charge in [0.15, 0.2) is 0 Å². The smallest absolute Gasteiger partial charge is 0.261 e. The molecule has 0 aliphatic rings. The summed E-state index contributed by atoms with van der Waals surface area (Å²) in [6.45, 7) is 0.214. The van der Waals surface area contributed by atoms with E-state index in [4.69, 9.17) is 11.6 Å². The van der Waals surface area contributed by atoms with Crippen LogP contribution in [0, 0.1) is 0 Å². The summed E-state index contributed by atoms with van der Waals surface area (Å²) < 4.78 is 2.23. The zero-order chi connectivity index (χ0) is 19.7. The molecule has 2 aromatic heterocycles. The monoisotopic (exact) mass is 456 g/mol. The van der Waals surface area contributed by atoms with Crippen LogP contribution >= 0.6 is 27.5 Å². The third-order valence-corrected chi connectivity index (χ3v) is 5.02. The van der Waals surface area contributed by atoms with Gasteiger partial charge in [-0.2, -0.15) is 0 Å². The molecule has 28 heavy (non-hydrogen) atoms. The van der Waals surface area contributed by atoms with Crippen molar-refractivity contribution in [3.05, 3.63) is 74.8 Å². The third kappa shape index (κ3) is 3.76. The van der Waals surface area contributed by atoms with Gasteiger partial charge in [0, 0.05) is 34.0 Å². The minimum atomic E-state index is -0.240. The van der Waals surface area contributed by atoms with Crippen molar-refractivity contribution >= 4 is 60.9 Å². The fourth-order valence-corrected chi connectivity index (χ4v) is 3.56. The molecule has 140 valence electrons. The first kappa shape index (κ1) is 18.6. The third-order valence-electron chi connectivity index (χ3n) is 4.31. The summed E-state index contributed by atoms with van der Waals surface area (Å²) in [5, 5.41) is 4.68. The van der Waals surface area contributed by atoms with Gasteiger partial charge in [0.2, 0.25) is 5.91 Å². The first-order chi connectivity index (χ1) is 13.5. The van der Waals surface area contributed by atoms with Gasteiger partial charge in [-0.05, 0) is 36.4 Å². The number of aromatic nitrogens is 3. The molecule has 0 bridgehead atoms. The minimum Gasteiger partial charge on any atom is -0.324 e. The first-order valence-electron chi connectivity index (χ1n) is 8.50. The van der Waals surface area contributed by atoms with Crippen LogP contribution in [0.2, 0.25) is 5.02 Å². The van der Waals surface area contributed by atoms with Gasteiger partial charge in [-0.3, -0.25) is 19.1 Å². The molecule has 0 fully saturated rings. The fraction of sp³-hybridized carbons (Fsp3) is 0.100. The van der Waals surface area contributed by atoms with Crippen LogP contribution in [0.4, 0.5) is 5.69 Å². The SMILES string of the molecule is O=C(CCn1cnc2ccc(Br)cc2c1=O)Nc1cc(Cl)cc2cccnc12. The highest BCUT2D eigenvalue weighted by molar-refractivity contribution is 9.10. The Kier molecular flexibility index (Phi) is 5.11. The largest absolute Gasteiger partial charge is 0.324 e. The highest BCUT2D eigenvalue weighted by atomic mass is 79.9. The second-order valence-corrected chi connectivity index (χ2v) is 7.58. The number of hydrogen-bond acceptors (Lipinski definition) is 4. The summed E-state index contributed by atoms with van der Waals surface area (Å²) in [6.07, 6.45) is 3.23. The molecule has 2 heterocycles. The predicted molar refractivity (Wildman–Crippen MR) is 114 cm³/mol. The maximum atomic E-state index is 12.6. The van der Waals surface area contributed by atoms with Gasteiger partial charge in [-0.1, -0.05) is 33.6 Å². The average molecular weight is 458 g/mol. The number of hydrogen-bond donors (Lipinski definition) is 1. The molecule has 0 radical (unpaired) electrons. The molecule has 4 rings (SSSR count). The van der Waals surface area contributed by atoms with Gasteiger partial charge in [-0.25, -0.2) is 4.98 Å². The number of halogens is 2. The first-order valence-corrected chi connectivity index (χ1v) is 9.67. The molecule has 2 aromatic carbocycles. The van der Waals surface area contributed by atoms with Crippen molar-refractivity contribution in [3.8, 4) is 0 Å². The Balaban J connectivity index is 1.54. The molecular weight excluding hydrogens is 444 g/mol. The molecule has 0 unspecified atom stereocenters. The lowest BCUT2D eigenvalue weighted by Crippen LogP contribution is -2.23. The summed E-state index contributed by atoms with van der Waals surface area (Å²) in [6, 6.07) is 12.5. The molecule has 1 N–H and O–H groups in total. The van der Waals surface area contributed by atoms with Gasteiger partial charge < -0.3 is 5.32 Å². The van der Waals surface area contributed by atoms with Gasteiger partial charge in [0.25, 0.3) is 5.56 Å². The standard InChI is InChI=1S/C20H14BrClN4O2/c21-13-3-4-16-15(9-13)20(28)26(11-24-16)7-5-18(27)25-17-10-14(22)8-12-2-1-6-23-19(12)17/h1-4,6,8-11H,5,7H2,(H,25,27). The molecule has 6 nitrogen and oxygen atoms in total. The van der Waals surface area contributed by atoms with Gasteiger partial charge in [-0.15, -0.1) is 0 Å². The maximum Gasteiger partial charge on any atom is 0.261 e. The van der Waals surface area contributed by atoms with Crippen LogP contribution in [0.5, 0.6) is 0 Å².